The summed E-state index contributed by atoms with van der Waals surface area (Å²) in [5, 5.41) is 9.74. The van der Waals surface area contributed by atoms with Crippen molar-refractivity contribution >= 4 is 0 Å². The molecule has 0 saturated heterocycles. The lowest BCUT2D eigenvalue weighted by molar-refractivity contribution is 0.141. The second-order valence-corrected chi connectivity index (χ2v) is 8.54. The summed E-state index contributed by atoms with van der Waals surface area (Å²) in [5.41, 5.74) is 0. The van der Waals surface area contributed by atoms with E-state index in [1.807, 2.05) is 0 Å². The Balaban J connectivity index is 4.24. The number of hydrogen-bond acceptors (Lipinski definition) is 1. The molecule has 0 heterocycles. The van der Waals surface area contributed by atoms with Gasteiger partial charge in [0.1, 0.15) is 0 Å². The normalized spacial score (nSPS) is 19.6. The molecule has 0 aliphatic rings. The van der Waals surface area contributed by atoms with Gasteiger partial charge in [0.15, 0.2) is 0 Å². The first kappa shape index (κ1) is 21.0. The van der Waals surface area contributed by atoms with Crippen LogP contribution >= 0.6 is 0 Å². The van der Waals surface area contributed by atoms with Crippen LogP contribution in [0.2, 0.25) is 0 Å². The minimum absolute atomic E-state index is 0.358. The lowest BCUT2D eigenvalue weighted by Crippen LogP contribution is -2.22. The number of aliphatic hydroxyl groups is 1. The molecule has 0 fully saturated rings. The van der Waals surface area contributed by atoms with Gasteiger partial charge in [0.25, 0.3) is 0 Å². The minimum Gasteiger partial charge on any atom is -0.396 e. The highest BCUT2D eigenvalue weighted by molar-refractivity contribution is 4.72. The summed E-state index contributed by atoms with van der Waals surface area (Å²) >= 11 is 0. The summed E-state index contributed by atoms with van der Waals surface area (Å²) in [6.07, 6.45) is 5.02. The van der Waals surface area contributed by atoms with E-state index < -0.39 is 0 Å². The molecule has 0 saturated carbocycles. The van der Waals surface area contributed by atoms with E-state index in [0.717, 1.165) is 29.6 Å². The molecule has 0 bridgehead atoms. The molecule has 5 unspecified atom stereocenters. The molecule has 0 rings (SSSR count). The van der Waals surface area contributed by atoms with Gasteiger partial charge in [-0.2, -0.15) is 0 Å². The molecular formula is C20H42O. The highest BCUT2D eigenvalue weighted by Crippen LogP contribution is 2.30. The molecule has 21 heavy (non-hydrogen) atoms. The van der Waals surface area contributed by atoms with E-state index in [1.165, 1.54) is 25.7 Å². The Kier molecular flexibility index (Phi) is 10.6. The Hall–Kier alpha value is -0.0400. The van der Waals surface area contributed by atoms with Crippen LogP contribution in [0.25, 0.3) is 0 Å². The zero-order valence-electron chi connectivity index (χ0n) is 16.0. The maximum absolute atomic E-state index is 9.74. The molecule has 0 spiro atoms. The van der Waals surface area contributed by atoms with E-state index in [1.54, 1.807) is 0 Å². The summed E-state index contributed by atoms with van der Waals surface area (Å²) in [7, 11) is 0. The van der Waals surface area contributed by atoms with Crippen molar-refractivity contribution in [2.45, 2.75) is 81.1 Å². The van der Waals surface area contributed by atoms with Crippen molar-refractivity contribution in [2.75, 3.05) is 6.61 Å². The van der Waals surface area contributed by atoms with Crippen LogP contribution in [0.1, 0.15) is 81.1 Å². The Morgan fingerprint density at radius 2 is 1.19 bits per heavy atom. The fourth-order valence-corrected chi connectivity index (χ4v) is 3.34. The predicted molar refractivity (Wildman–Crippen MR) is 95.4 cm³/mol. The highest BCUT2D eigenvalue weighted by Gasteiger charge is 2.22. The van der Waals surface area contributed by atoms with E-state index in [4.69, 9.17) is 0 Å². The summed E-state index contributed by atoms with van der Waals surface area (Å²) < 4.78 is 0. The van der Waals surface area contributed by atoms with Crippen molar-refractivity contribution in [3.63, 3.8) is 0 Å². The highest BCUT2D eigenvalue weighted by atomic mass is 16.3. The topological polar surface area (TPSA) is 20.2 Å². The third-order valence-corrected chi connectivity index (χ3v) is 5.73. The molecule has 0 aromatic heterocycles. The fourth-order valence-electron chi connectivity index (χ4n) is 3.34. The monoisotopic (exact) mass is 298 g/mol. The minimum atomic E-state index is 0.358. The van der Waals surface area contributed by atoms with Crippen molar-refractivity contribution in [2.24, 2.45) is 41.4 Å². The van der Waals surface area contributed by atoms with Gasteiger partial charge in [0, 0.05) is 6.61 Å². The maximum Gasteiger partial charge on any atom is 0.0461 e. The average molecular weight is 299 g/mol. The van der Waals surface area contributed by atoms with Crippen LogP contribution < -0.4 is 0 Å². The van der Waals surface area contributed by atoms with Gasteiger partial charge in [-0.3, -0.25) is 0 Å². The van der Waals surface area contributed by atoms with Gasteiger partial charge in [-0.25, -0.2) is 0 Å². The quantitative estimate of drug-likeness (QED) is 0.495. The van der Waals surface area contributed by atoms with E-state index in [9.17, 15) is 5.11 Å². The van der Waals surface area contributed by atoms with Crippen LogP contribution in [0, 0.1) is 41.4 Å². The van der Waals surface area contributed by atoms with Gasteiger partial charge in [0.2, 0.25) is 0 Å². The smallest absolute Gasteiger partial charge is 0.0461 e. The average Bonchev–Trinajstić information content (AvgIpc) is 2.37. The Morgan fingerprint density at radius 1 is 0.619 bits per heavy atom. The van der Waals surface area contributed by atoms with Crippen molar-refractivity contribution in [3.05, 3.63) is 0 Å². The van der Waals surface area contributed by atoms with Crippen LogP contribution in [-0.2, 0) is 0 Å². The molecule has 0 aromatic carbocycles. The zero-order chi connectivity index (χ0) is 16.6. The van der Waals surface area contributed by atoms with E-state index in [-0.39, 0.29) is 0 Å². The van der Waals surface area contributed by atoms with Crippen molar-refractivity contribution < 1.29 is 5.11 Å². The molecule has 0 radical (unpaired) electrons. The SMILES string of the molecule is CC(C)CC(C)C(C)CCC(CO)C(C)CC(C)C(C)C. The van der Waals surface area contributed by atoms with Crippen LogP contribution in [-0.4, -0.2) is 11.7 Å². The Morgan fingerprint density at radius 3 is 1.62 bits per heavy atom. The van der Waals surface area contributed by atoms with Crippen LogP contribution in [0.4, 0.5) is 0 Å². The number of rotatable bonds is 11. The molecule has 0 aromatic rings. The molecule has 1 N–H and O–H groups in total. The third kappa shape index (κ3) is 8.86. The second-order valence-electron chi connectivity index (χ2n) is 8.54. The zero-order valence-corrected chi connectivity index (χ0v) is 16.0. The standard InChI is InChI=1S/C20H42O/c1-14(2)11-18(7)16(5)9-10-20(13-21)19(8)12-17(6)15(3)4/h14-21H,9-13H2,1-8H3. The fraction of sp³-hybridized carbons (Fsp3) is 1.00. The van der Waals surface area contributed by atoms with Gasteiger partial charge in [-0.1, -0.05) is 61.8 Å². The Bertz CT molecular complexity index is 246. The third-order valence-electron chi connectivity index (χ3n) is 5.73. The number of hydrogen-bond donors (Lipinski definition) is 1. The second kappa shape index (κ2) is 10.6. The molecule has 128 valence electrons. The predicted octanol–water partition coefficient (Wildman–Crippen LogP) is 6.01. The first-order valence-corrected chi connectivity index (χ1v) is 9.29. The van der Waals surface area contributed by atoms with E-state index in [2.05, 4.69) is 55.4 Å². The first-order chi connectivity index (χ1) is 9.68. The Labute approximate surface area is 134 Å². The maximum atomic E-state index is 9.74. The van der Waals surface area contributed by atoms with Gasteiger partial charge >= 0.3 is 0 Å². The van der Waals surface area contributed by atoms with E-state index in [0.29, 0.717) is 18.4 Å². The van der Waals surface area contributed by atoms with Crippen molar-refractivity contribution in [1.82, 2.24) is 0 Å². The summed E-state index contributed by atoms with van der Waals surface area (Å²) in [4.78, 5) is 0. The van der Waals surface area contributed by atoms with Gasteiger partial charge < -0.3 is 5.11 Å². The van der Waals surface area contributed by atoms with Gasteiger partial charge in [-0.15, -0.1) is 0 Å². The largest absolute Gasteiger partial charge is 0.396 e. The molecule has 1 heteroatoms. The van der Waals surface area contributed by atoms with E-state index >= 15 is 0 Å². The lowest BCUT2D eigenvalue weighted by Gasteiger charge is -2.29. The summed E-state index contributed by atoms with van der Waals surface area (Å²) in [6, 6.07) is 0. The van der Waals surface area contributed by atoms with Crippen molar-refractivity contribution in [3.8, 4) is 0 Å². The van der Waals surface area contributed by atoms with Crippen LogP contribution in [0.5, 0.6) is 0 Å². The lowest BCUT2D eigenvalue weighted by atomic mass is 9.78. The molecular weight excluding hydrogens is 256 g/mol. The molecule has 1 nitrogen and oxygen atoms in total. The van der Waals surface area contributed by atoms with Gasteiger partial charge in [0.05, 0.1) is 0 Å². The van der Waals surface area contributed by atoms with Gasteiger partial charge in [-0.05, 0) is 60.7 Å². The summed E-state index contributed by atoms with van der Waals surface area (Å²) in [6.45, 7) is 19.1. The molecule has 5 atom stereocenters. The number of aliphatic hydroxyl groups excluding tert-OH is 1. The molecule has 0 amide bonds. The van der Waals surface area contributed by atoms with Crippen molar-refractivity contribution in [1.29, 1.82) is 0 Å². The molecule has 0 aliphatic carbocycles. The van der Waals surface area contributed by atoms with Crippen LogP contribution in [0.15, 0.2) is 0 Å². The molecule has 0 aliphatic heterocycles. The first-order valence-electron chi connectivity index (χ1n) is 9.29. The van der Waals surface area contributed by atoms with Crippen LogP contribution in [0.3, 0.4) is 0 Å². The summed E-state index contributed by atoms with van der Waals surface area (Å²) in [5.74, 6) is 5.00.